The van der Waals surface area contributed by atoms with Crippen LogP contribution in [0.4, 0.5) is 0 Å². The van der Waals surface area contributed by atoms with Gasteiger partial charge in [-0.1, -0.05) is 101 Å². The number of hydrogen-bond acceptors (Lipinski definition) is 0. The summed E-state index contributed by atoms with van der Waals surface area (Å²) in [4.78, 5) is 0. The first-order valence-corrected chi connectivity index (χ1v) is 10.6. The summed E-state index contributed by atoms with van der Waals surface area (Å²) in [5.41, 5.74) is 2.54. The van der Waals surface area contributed by atoms with Crippen LogP contribution in [0.25, 0.3) is 54.2 Å². The Kier molecular flexibility index (Phi) is 3.72. The lowest BCUT2D eigenvalue weighted by Gasteiger charge is -2.15. The fourth-order valence-electron chi connectivity index (χ4n) is 4.59. The molecule has 136 valence electrons. The summed E-state index contributed by atoms with van der Waals surface area (Å²) in [6.07, 6.45) is 0. The molecule has 0 fully saturated rings. The lowest BCUT2D eigenvalue weighted by molar-refractivity contribution is 1.67. The lowest BCUT2D eigenvalue weighted by Crippen LogP contribution is -1.88. The van der Waals surface area contributed by atoms with Crippen LogP contribution in [0, 0.1) is 0 Å². The Morgan fingerprint density at radius 1 is 0.414 bits per heavy atom. The number of rotatable bonds is 1. The second-order valence-electron chi connectivity index (χ2n) is 7.53. The largest absolute Gasteiger partial charge is 0.0616 e. The summed E-state index contributed by atoms with van der Waals surface area (Å²) < 4.78 is 1.10. The van der Waals surface area contributed by atoms with E-state index in [1.54, 1.807) is 0 Å². The Morgan fingerprint density at radius 3 is 1.72 bits per heavy atom. The van der Waals surface area contributed by atoms with Crippen LogP contribution in [0.3, 0.4) is 0 Å². The molecule has 1 heteroatoms. The highest BCUT2D eigenvalue weighted by molar-refractivity contribution is 9.10. The molecule has 0 amide bonds. The molecule has 0 N–H and O–H groups in total. The summed E-state index contributed by atoms with van der Waals surface area (Å²) in [6.45, 7) is 0. The van der Waals surface area contributed by atoms with Crippen molar-refractivity contribution in [2.24, 2.45) is 0 Å². The van der Waals surface area contributed by atoms with E-state index in [1.165, 1.54) is 54.2 Å². The van der Waals surface area contributed by atoms with Gasteiger partial charge in [-0.15, -0.1) is 0 Å². The van der Waals surface area contributed by atoms with Gasteiger partial charge >= 0.3 is 0 Å². The van der Waals surface area contributed by atoms with Crippen LogP contribution in [0.5, 0.6) is 0 Å². The van der Waals surface area contributed by atoms with Crippen molar-refractivity contribution < 1.29 is 0 Å². The third kappa shape index (κ3) is 2.58. The zero-order valence-electron chi connectivity index (χ0n) is 15.7. The second kappa shape index (κ2) is 6.43. The molecule has 0 heterocycles. The minimum Gasteiger partial charge on any atom is -0.0616 e. The monoisotopic (exact) mass is 432 g/mol. The predicted octanol–water partition coefficient (Wildman–Crippen LogP) is 8.73. The number of benzene rings is 6. The summed E-state index contributed by atoms with van der Waals surface area (Å²) in [5, 5.41) is 10.3. The molecule has 0 aromatic heterocycles. The third-order valence-electron chi connectivity index (χ3n) is 5.87. The van der Waals surface area contributed by atoms with E-state index in [4.69, 9.17) is 0 Å². The SMILES string of the molecule is Brc1cc(-c2cc3ccccc3c3c2ccc2ccccc23)c2ccccc2c1. The van der Waals surface area contributed by atoms with Gasteiger partial charge in [0.1, 0.15) is 0 Å². The van der Waals surface area contributed by atoms with Gasteiger partial charge in [0.15, 0.2) is 0 Å². The molecule has 0 atom stereocenters. The highest BCUT2D eigenvalue weighted by atomic mass is 79.9. The molecule has 6 rings (SSSR count). The molecule has 0 aliphatic heterocycles. The highest BCUT2D eigenvalue weighted by Crippen LogP contribution is 2.41. The maximum Gasteiger partial charge on any atom is 0.0187 e. The quantitative estimate of drug-likeness (QED) is 0.228. The minimum absolute atomic E-state index is 1.10. The molecule has 29 heavy (non-hydrogen) atoms. The number of hydrogen-bond donors (Lipinski definition) is 0. The van der Waals surface area contributed by atoms with Crippen molar-refractivity contribution in [1.82, 2.24) is 0 Å². The number of halogens is 1. The van der Waals surface area contributed by atoms with E-state index in [2.05, 4.69) is 119 Å². The predicted molar refractivity (Wildman–Crippen MR) is 130 cm³/mol. The Hall–Kier alpha value is -3.16. The van der Waals surface area contributed by atoms with E-state index >= 15 is 0 Å². The molecule has 6 aromatic carbocycles. The van der Waals surface area contributed by atoms with Crippen molar-refractivity contribution in [2.75, 3.05) is 0 Å². The number of fused-ring (bicyclic) bond motifs is 6. The Bertz CT molecular complexity index is 1540. The van der Waals surface area contributed by atoms with Crippen molar-refractivity contribution in [2.45, 2.75) is 0 Å². The Labute approximate surface area is 177 Å². The van der Waals surface area contributed by atoms with Gasteiger partial charge in [0.05, 0.1) is 0 Å². The molecule has 0 saturated heterocycles. The maximum atomic E-state index is 3.73. The normalized spacial score (nSPS) is 11.6. The van der Waals surface area contributed by atoms with Gasteiger partial charge in [0.2, 0.25) is 0 Å². The van der Waals surface area contributed by atoms with Gasteiger partial charge in [-0.25, -0.2) is 0 Å². The van der Waals surface area contributed by atoms with Gasteiger partial charge in [-0.05, 0) is 72.4 Å². The first kappa shape index (κ1) is 16.8. The van der Waals surface area contributed by atoms with Crippen molar-refractivity contribution in [3.8, 4) is 11.1 Å². The van der Waals surface area contributed by atoms with Crippen LogP contribution in [0.15, 0.2) is 108 Å². The molecule has 0 radical (unpaired) electrons. The van der Waals surface area contributed by atoms with Gasteiger partial charge in [-0.2, -0.15) is 0 Å². The fraction of sp³-hybridized carbons (Fsp3) is 0. The minimum atomic E-state index is 1.10. The molecule has 6 aromatic rings. The van der Waals surface area contributed by atoms with Crippen molar-refractivity contribution >= 4 is 59.0 Å². The van der Waals surface area contributed by atoms with Crippen LogP contribution < -0.4 is 0 Å². The molecule has 0 bridgehead atoms. The Balaban J connectivity index is 1.87. The summed E-state index contributed by atoms with van der Waals surface area (Å²) in [6, 6.07) is 37.4. The first-order valence-electron chi connectivity index (χ1n) is 9.81. The van der Waals surface area contributed by atoms with Crippen molar-refractivity contribution in [3.63, 3.8) is 0 Å². The first-order chi connectivity index (χ1) is 14.3. The van der Waals surface area contributed by atoms with Gasteiger partial charge in [0, 0.05) is 4.47 Å². The zero-order chi connectivity index (χ0) is 19.4. The van der Waals surface area contributed by atoms with E-state index in [0.29, 0.717) is 0 Å². The van der Waals surface area contributed by atoms with Crippen LogP contribution in [0.2, 0.25) is 0 Å². The standard InChI is InChI=1S/C28H17Br/c29-21-15-19-8-2-4-10-22(19)27(17-21)26-16-20-9-3-6-12-24(20)28-23-11-5-1-7-18(23)13-14-25(26)28/h1-17H. The van der Waals surface area contributed by atoms with Gasteiger partial charge in [0.25, 0.3) is 0 Å². The van der Waals surface area contributed by atoms with E-state index in [0.717, 1.165) is 4.47 Å². The van der Waals surface area contributed by atoms with Crippen molar-refractivity contribution in [1.29, 1.82) is 0 Å². The fourth-order valence-corrected chi connectivity index (χ4v) is 5.07. The molecular weight excluding hydrogens is 416 g/mol. The summed E-state index contributed by atoms with van der Waals surface area (Å²) in [7, 11) is 0. The van der Waals surface area contributed by atoms with Crippen LogP contribution in [0.1, 0.15) is 0 Å². The molecule has 0 nitrogen and oxygen atoms in total. The second-order valence-corrected chi connectivity index (χ2v) is 8.44. The average Bonchev–Trinajstić information content (AvgIpc) is 2.77. The molecule has 0 saturated carbocycles. The smallest absolute Gasteiger partial charge is 0.0187 e. The summed E-state index contributed by atoms with van der Waals surface area (Å²) in [5.74, 6) is 0. The molecule has 0 aliphatic rings. The van der Waals surface area contributed by atoms with Crippen LogP contribution in [-0.2, 0) is 0 Å². The van der Waals surface area contributed by atoms with Gasteiger partial charge in [-0.3, -0.25) is 0 Å². The lowest BCUT2D eigenvalue weighted by atomic mass is 9.88. The average molecular weight is 433 g/mol. The zero-order valence-corrected chi connectivity index (χ0v) is 17.3. The molecule has 0 unspecified atom stereocenters. The van der Waals surface area contributed by atoms with Crippen LogP contribution in [-0.4, -0.2) is 0 Å². The summed E-state index contributed by atoms with van der Waals surface area (Å²) >= 11 is 3.73. The molecule has 0 spiro atoms. The topological polar surface area (TPSA) is 0 Å². The highest BCUT2D eigenvalue weighted by Gasteiger charge is 2.13. The molecule has 0 aliphatic carbocycles. The molecular formula is C28H17Br. The van der Waals surface area contributed by atoms with E-state index in [9.17, 15) is 0 Å². The van der Waals surface area contributed by atoms with Crippen LogP contribution >= 0.6 is 15.9 Å². The Morgan fingerprint density at radius 2 is 0.966 bits per heavy atom. The van der Waals surface area contributed by atoms with Crippen molar-refractivity contribution in [3.05, 3.63) is 108 Å². The van der Waals surface area contributed by atoms with Gasteiger partial charge < -0.3 is 0 Å². The van der Waals surface area contributed by atoms with E-state index < -0.39 is 0 Å². The maximum absolute atomic E-state index is 3.73. The third-order valence-corrected chi connectivity index (χ3v) is 6.32. The van der Waals surface area contributed by atoms with E-state index in [-0.39, 0.29) is 0 Å². The van der Waals surface area contributed by atoms with E-state index in [1.807, 2.05) is 0 Å².